The van der Waals surface area contributed by atoms with Gasteiger partial charge in [0.1, 0.15) is 12.2 Å². The Hall–Kier alpha value is -1.88. The number of aryl methyl sites for hydroxylation is 1. The third kappa shape index (κ3) is 2.61. The Morgan fingerprint density at radius 1 is 1.42 bits per heavy atom. The van der Waals surface area contributed by atoms with Crippen LogP contribution in [-0.4, -0.2) is 27.9 Å². The molecule has 1 aliphatic rings. The molecule has 1 aromatic carbocycles. The van der Waals surface area contributed by atoms with Crippen molar-refractivity contribution in [1.82, 2.24) is 20.1 Å². The fourth-order valence-electron chi connectivity index (χ4n) is 2.51. The fraction of sp³-hybridized carbons (Fsp3) is 0.429. The molecule has 0 aliphatic carbocycles. The number of fused-ring (bicyclic) bond motifs is 1. The van der Waals surface area contributed by atoms with Gasteiger partial charge in [-0.3, -0.25) is 0 Å². The Bertz CT molecular complexity index is 561. The summed E-state index contributed by atoms with van der Waals surface area (Å²) in [6.45, 7) is 2.87. The van der Waals surface area contributed by atoms with Crippen LogP contribution in [-0.2, 0) is 26.4 Å². The first-order valence-electron chi connectivity index (χ1n) is 6.73. The second kappa shape index (κ2) is 5.40. The van der Waals surface area contributed by atoms with Crippen LogP contribution in [0.4, 0.5) is 5.69 Å². The molecule has 0 fully saturated rings. The number of aromatic nitrogens is 3. The van der Waals surface area contributed by atoms with Crippen molar-refractivity contribution in [2.75, 3.05) is 18.4 Å². The summed E-state index contributed by atoms with van der Waals surface area (Å²) in [5, 5.41) is 14.9. The molecule has 0 bridgehead atoms. The summed E-state index contributed by atoms with van der Waals surface area (Å²) in [5.74, 6) is 1.02. The predicted molar refractivity (Wildman–Crippen MR) is 75.0 cm³/mol. The van der Waals surface area contributed by atoms with Gasteiger partial charge in [0, 0.05) is 38.8 Å². The van der Waals surface area contributed by atoms with E-state index in [0.717, 1.165) is 38.3 Å². The average Bonchev–Trinajstić information content (AvgIpc) is 3.04. The molecule has 1 aliphatic heterocycles. The maximum atomic E-state index is 4.08. The molecule has 0 saturated heterocycles. The standard InChI is InChI=1S/C14H19N5/c1-19-10-17-18-13(19)6-7-15-9-12-4-2-3-11-5-8-16-14(11)12/h2-4,10,15-16H,5-9H2,1H3. The molecule has 0 radical (unpaired) electrons. The van der Waals surface area contributed by atoms with Crippen LogP contribution in [0.25, 0.3) is 0 Å². The van der Waals surface area contributed by atoms with Crippen LogP contribution < -0.4 is 10.6 Å². The van der Waals surface area contributed by atoms with Crippen LogP contribution in [0.2, 0.25) is 0 Å². The molecule has 0 amide bonds. The van der Waals surface area contributed by atoms with Gasteiger partial charge >= 0.3 is 0 Å². The average molecular weight is 257 g/mol. The van der Waals surface area contributed by atoms with Crippen molar-refractivity contribution >= 4 is 5.69 Å². The van der Waals surface area contributed by atoms with Crippen LogP contribution >= 0.6 is 0 Å². The summed E-state index contributed by atoms with van der Waals surface area (Å²) in [6, 6.07) is 6.54. The van der Waals surface area contributed by atoms with E-state index >= 15 is 0 Å². The molecule has 2 heterocycles. The van der Waals surface area contributed by atoms with Gasteiger partial charge in [0.2, 0.25) is 0 Å². The molecule has 2 N–H and O–H groups in total. The Balaban J connectivity index is 1.53. The quantitative estimate of drug-likeness (QED) is 0.788. The lowest BCUT2D eigenvalue weighted by molar-refractivity contribution is 0.654. The molecule has 0 saturated carbocycles. The van der Waals surface area contributed by atoms with Gasteiger partial charge < -0.3 is 15.2 Å². The minimum Gasteiger partial charge on any atom is -0.384 e. The van der Waals surface area contributed by atoms with E-state index in [1.165, 1.54) is 16.8 Å². The highest BCUT2D eigenvalue weighted by atomic mass is 15.2. The molecule has 5 heteroatoms. The third-order valence-electron chi connectivity index (χ3n) is 3.58. The van der Waals surface area contributed by atoms with Crippen LogP contribution in [0.1, 0.15) is 17.0 Å². The molecule has 0 atom stereocenters. The SMILES string of the molecule is Cn1cnnc1CCNCc1cccc2c1NCC2. The second-order valence-electron chi connectivity index (χ2n) is 4.91. The summed E-state index contributed by atoms with van der Waals surface area (Å²) in [7, 11) is 1.98. The number of hydrogen-bond donors (Lipinski definition) is 2. The number of nitrogens with one attached hydrogen (secondary N) is 2. The van der Waals surface area contributed by atoms with E-state index in [1.54, 1.807) is 6.33 Å². The summed E-state index contributed by atoms with van der Waals surface area (Å²) in [4.78, 5) is 0. The Morgan fingerprint density at radius 2 is 2.37 bits per heavy atom. The van der Waals surface area contributed by atoms with Crippen molar-refractivity contribution < 1.29 is 0 Å². The van der Waals surface area contributed by atoms with Crippen LogP contribution in [0, 0.1) is 0 Å². The van der Waals surface area contributed by atoms with Gasteiger partial charge in [-0.15, -0.1) is 10.2 Å². The molecular weight excluding hydrogens is 238 g/mol. The minimum atomic E-state index is 0.897. The van der Waals surface area contributed by atoms with Gasteiger partial charge in [-0.2, -0.15) is 0 Å². The van der Waals surface area contributed by atoms with Crippen LogP contribution in [0.3, 0.4) is 0 Å². The van der Waals surface area contributed by atoms with Gasteiger partial charge in [-0.25, -0.2) is 0 Å². The first-order chi connectivity index (χ1) is 9.34. The third-order valence-corrected chi connectivity index (χ3v) is 3.58. The highest BCUT2D eigenvalue weighted by Crippen LogP contribution is 2.25. The zero-order valence-corrected chi connectivity index (χ0v) is 11.2. The largest absolute Gasteiger partial charge is 0.384 e. The van der Waals surface area contributed by atoms with E-state index in [9.17, 15) is 0 Å². The lowest BCUT2D eigenvalue weighted by Crippen LogP contribution is -2.18. The van der Waals surface area contributed by atoms with Crippen molar-refractivity contribution in [3.8, 4) is 0 Å². The zero-order valence-electron chi connectivity index (χ0n) is 11.2. The topological polar surface area (TPSA) is 54.8 Å². The van der Waals surface area contributed by atoms with Crippen LogP contribution in [0.5, 0.6) is 0 Å². The molecule has 100 valence electrons. The van der Waals surface area contributed by atoms with Crippen molar-refractivity contribution in [1.29, 1.82) is 0 Å². The van der Waals surface area contributed by atoms with E-state index in [-0.39, 0.29) is 0 Å². The first kappa shape index (κ1) is 12.2. The molecular formula is C14H19N5. The second-order valence-corrected chi connectivity index (χ2v) is 4.91. The number of hydrogen-bond acceptors (Lipinski definition) is 4. The highest BCUT2D eigenvalue weighted by molar-refractivity contribution is 5.61. The van der Waals surface area contributed by atoms with E-state index in [1.807, 2.05) is 11.6 Å². The Kier molecular flexibility index (Phi) is 3.46. The molecule has 2 aromatic rings. The van der Waals surface area contributed by atoms with Crippen LogP contribution in [0.15, 0.2) is 24.5 Å². The summed E-state index contributed by atoms with van der Waals surface area (Å²) in [5.41, 5.74) is 4.12. The zero-order chi connectivity index (χ0) is 13.1. The number of nitrogens with zero attached hydrogens (tertiary/aromatic N) is 3. The van der Waals surface area contributed by atoms with Crippen molar-refractivity contribution in [2.24, 2.45) is 7.05 Å². The van der Waals surface area contributed by atoms with E-state index < -0.39 is 0 Å². The van der Waals surface area contributed by atoms with E-state index in [4.69, 9.17) is 0 Å². The molecule has 1 aromatic heterocycles. The number of anilines is 1. The first-order valence-corrected chi connectivity index (χ1v) is 6.73. The molecule has 5 nitrogen and oxygen atoms in total. The van der Waals surface area contributed by atoms with Gasteiger partial charge in [0.05, 0.1) is 0 Å². The molecule has 0 spiro atoms. The monoisotopic (exact) mass is 257 g/mol. The predicted octanol–water partition coefficient (Wildman–Crippen LogP) is 1.12. The normalized spacial score (nSPS) is 13.3. The van der Waals surface area contributed by atoms with Crippen molar-refractivity contribution in [2.45, 2.75) is 19.4 Å². The summed E-state index contributed by atoms with van der Waals surface area (Å²) >= 11 is 0. The summed E-state index contributed by atoms with van der Waals surface area (Å²) in [6.07, 6.45) is 3.78. The number of rotatable bonds is 5. The van der Waals surface area contributed by atoms with Gasteiger partial charge in [-0.05, 0) is 17.5 Å². The molecule has 19 heavy (non-hydrogen) atoms. The Labute approximate surface area is 113 Å². The highest BCUT2D eigenvalue weighted by Gasteiger charge is 2.12. The molecule has 0 unspecified atom stereocenters. The fourth-order valence-corrected chi connectivity index (χ4v) is 2.51. The van der Waals surface area contributed by atoms with Gasteiger partial charge in [0.15, 0.2) is 0 Å². The number of para-hydroxylation sites is 1. The summed E-state index contributed by atoms with van der Waals surface area (Å²) < 4.78 is 1.96. The van der Waals surface area contributed by atoms with Crippen molar-refractivity contribution in [3.63, 3.8) is 0 Å². The maximum Gasteiger partial charge on any atom is 0.133 e. The van der Waals surface area contributed by atoms with Gasteiger partial charge in [-0.1, -0.05) is 18.2 Å². The minimum absolute atomic E-state index is 0.897. The maximum absolute atomic E-state index is 4.08. The van der Waals surface area contributed by atoms with Crippen molar-refractivity contribution in [3.05, 3.63) is 41.5 Å². The number of benzene rings is 1. The lowest BCUT2D eigenvalue weighted by atomic mass is 10.1. The molecule has 3 rings (SSSR count). The van der Waals surface area contributed by atoms with E-state index in [0.29, 0.717) is 0 Å². The lowest BCUT2D eigenvalue weighted by Gasteiger charge is -2.10. The smallest absolute Gasteiger partial charge is 0.133 e. The van der Waals surface area contributed by atoms with Gasteiger partial charge in [0.25, 0.3) is 0 Å². The van der Waals surface area contributed by atoms with E-state index in [2.05, 4.69) is 39.0 Å². The Morgan fingerprint density at radius 3 is 3.21 bits per heavy atom.